The van der Waals surface area contributed by atoms with Crippen LogP contribution in [0.5, 0.6) is 0 Å². The zero-order valence-corrected chi connectivity index (χ0v) is 8.96. The highest BCUT2D eigenvalue weighted by Crippen LogP contribution is 2.31. The number of hydrogen-bond donors (Lipinski definition) is 1. The first-order chi connectivity index (χ1) is 6.53. The molecule has 0 saturated carbocycles. The number of nitrogen functional groups attached to an aromatic ring is 1. The third-order valence-electron chi connectivity index (χ3n) is 2.76. The minimum atomic E-state index is -0.462. The molecule has 0 aliphatic heterocycles. The van der Waals surface area contributed by atoms with Crippen molar-refractivity contribution in [2.75, 3.05) is 5.73 Å². The van der Waals surface area contributed by atoms with E-state index in [0.29, 0.717) is 5.69 Å². The maximum Gasteiger partial charge on any atom is 0.0811 e. The fraction of sp³-hybridized carbons (Fsp3) is 0.417. The number of nitrogens with zero attached hydrogens (tertiary/aromatic N) is 1. The lowest BCUT2D eigenvalue weighted by molar-refractivity contribution is 0.589. The fourth-order valence-electron chi connectivity index (χ4n) is 1.48. The van der Waals surface area contributed by atoms with Crippen molar-refractivity contribution in [1.29, 1.82) is 5.26 Å². The number of benzene rings is 1. The van der Waals surface area contributed by atoms with Crippen LogP contribution in [0, 0.1) is 18.3 Å². The molecule has 1 rings (SSSR count). The SMILES string of the molecule is CCC(C)(C#N)c1cc(C)ccc1N. The van der Waals surface area contributed by atoms with Crippen LogP contribution in [0.2, 0.25) is 0 Å². The Morgan fingerprint density at radius 1 is 1.50 bits per heavy atom. The molecule has 14 heavy (non-hydrogen) atoms. The Labute approximate surface area is 85.4 Å². The quantitative estimate of drug-likeness (QED) is 0.725. The van der Waals surface area contributed by atoms with Crippen molar-refractivity contribution in [3.05, 3.63) is 29.3 Å². The molecule has 0 aliphatic rings. The Bertz CT molecular complexity index is 376. The van der Waals surface area contributed by atoms with Gasteiger partial charge in [0.2, 0.25) is 0 Å². The second kappa shape index (κ2) is 3.71. The van der Waals surface area contributed by atoms with Gasteiger partial charge in [0.25, 0.3) is 0 Å². The molecule has 0 saturated heterocycles. The Balaban J connectivity index is 3.31. The summed E-state index contributed by atoms with van der Waals surface area (Å²) in [4.78, 5) is 0. The van der Waals surface area contributed by atoms with Crippen molar-refractivity contribution >= 4 is 5.69 Å². The molecular weight excluding hydrogens is 172 g/mol. The van der Waals surface area contributed by atoms with E-state index in [9.17, 15) is 0 Å². The molecule has 0 amide bonds. The number of rotatable bonds is 2. The summed E-state index contributed by atoms with van der Waals surface area (Å²) in [6, 6.07) is 8.17. The monoisotopic (exact) mass is 188 g/mol. The van der Waals surface area contributed by atoms with Crippen molar-refractivity contribution in [3.8, 4) is 6.07 Å². The predicted octanol–water partition coefficient (Wildman–Crippen LogP) is 2.77. The molecule has 1 aromatic rings. The van der Waals surface area contributed by atoms with Crippen molar-refractivity contribution in [1.82, 2.24) is 0 Å². The second-order valence-corrected chi connectivity index (χ2v) is 3.89. The molecule has 0 aliphatic carbocycles. The van der Waals surface area contributed by atoms with Crippen LogP contribution < -0.4 is 5.73 Å². The molecule has 1 atom stereocenters. The van der Waals surface area contributed by atoms with E-state index in [-0.39, 0.29) is 0 Å². The summed E-state index contributed by atoms with van der Waals surface area (Å²) < 4.78 is 0. The van der Waals surface area contributed by atoms with E-state index in [0.717, 1.165) is 17.5 Å². The van der Waals surface area contributed by atoms with Crippen LogP contribution in [0.4, 0.5) is 5.69 Å². The van der Waals surface area contributed by atoms with Crippen LogP contribution in [-0.2, 0) is 5.41 Å². The summed E-state index contributed by atoms with van der Waals surface area (Å²) in [6.07, 6.45) is 0.775. The number of hydrogen-bond acceptors (Lipinski definition) is 2. The summed E-state index contributed by atoms with van der Waals surface area (Å²) in [5.41, 5.74) is 8.21. The number of anilines is 1. The summed E-state index contributed by atoms with van der Waals surface area (Å²) >= 11 is 0. The van der Waals surface area contributed by atoms with Gasteiger partial charge in [-0.15, -0.1) is 0 Å². The fourth-order valence-corrected chi connectivity index (χ4v) is 1.48. The highest BCUT2D eigenvalue weighted by atomic mass is 14.6. The lowest BCUT2D eigenvalue weighted by atomic mass is 9.80. The lowest BCUT2D eigenvalue weighted by Crippen LogP contribution is -2.20. The molecule has 2 N–H and O–H groups in total. The Morgan fingerprint density at radius 3 is 2.64 bits per heavy atom. The highest BCUT2D eigenvalue weighted by molar-refractivity contribution is 5.54. The standard InChI is InChI=1S/C12H16N2/c1-4-12(3,8-13)10-7-9(2)5-6-11(10)14/h5-7H,4,14H2,1-3H3. The van der Waals surface area contributed by atoms with E-state index in [1.54, 1.807) is 0 Å². The molecule has 0 bridgehead atoms. The largest absolute Gasteiger partial charge is 0.398 e. The van der Waals surface area contributed by atoms with Crippen LogP contribution in [-0.4, -0.2) is 0 Å². The molecule has 0 aromatic heterocycles. The average molecular weight is 188 g/mol. The van der Waals surface area contributed by atoms with E-state index in [2.05, 4.69) is 6.07 Å². The van der Waals surface area contributed by atoms with Gasteiger partial charge in [-0.1, -0.05) is 24.6 Å². The van der Waals surface area contributed by atoms with Crippen molar-refractivity contribution < 1.29 is 0 Å². The van der Waals surface area contributed by atoms with Crippen LogP contribution in [0.25, 0.3) is 0 Å². The summed E-state index contributed by atoms with van der Waals surface area (Å²) in [6.45, 7) is 5.94. The Hall–Kier alpha value is -1.49. The smallest absolute Gasteiger partial charge is 0.0811 e. The van der Waals surface area contributed by atoms with E-state index < -0.39 is 5.41 Å². The van der Waals surface area contributed by atoms with Crippen LogP contribution in [0.3, 0.4) is 0 Å². The normalized spacial score (nSPS) is 14.4. The van der Waals surface area contributed by atoms with E-state index in [1.165, 1.54) is 0 Å². The molecule has 1 unspecified atom stereocenters. The van der Waals surface area contributed by atoms with Crippen molar-refractivity contribution in [2.24, 2.45) is 0 Å². The first-order valence-corrected chi connectivity index (χ1v) is 4.81. The van der Waals surface area contributed by atoms with Crippen molar-refractivity contribution in [2.45, 2.75) is 32.6 Å². The lowest BCUT2D eigenvalue weighted by Gasteiger charge is -2.22. The summed E-state index contributed by atoms with van der Waals surface area (Å²) in [5, 5.41) is 9.15. The van der Waals surface area contributed by atoms with Crippen LogP contribution in [0.15, 0.2) is 18.2 Å². The maximum atomic E-state index is 9.15. The second-order valence-electron chi connectivity index (χ2n) is 3.89. The van der Waals surface area contributed by atoms with Gasteiger partial charge in [-0.2, -0.15) is 5.26 Å². The molecule has 1 aromatic carbocycles. The van der Waals surface area contributed by atoms with Crippen molar-refractivity contribution in [3.63, 3.8) is 0 Å². The maximum absolute atomic E-state index is 9.15. The molecule has 2 heteroatoms. The minimum Gasteiger partial charge on any atom is -0.398 e. The summed E-state index contributed by atoms with van der Waals surface area (Å²) in [7, 11) is 0. The Morgan fingerprint density at radius 2 is 2.14 bits per heavy atom. The first kappa shape index (κ1) is 10.6. The molecule has 74 valence electrons. The predicted molar refractivity (Wildman–Crippen MR) is 58.8 cm³/mol. The van der Waals surface area contributed by atoms with Gasteiger partial charge in [-0.3, -0.25) is 0 Å². The summed E-state index contributed by atoms with van der Waals surface area (Å²) in [5.74, 6) is 0. The van der Waals surface area contributed by atoms with E-state index in [1.807, 2.05) is 39.0 Å². The molecule has 0 heterocycles. The van der Waals surface area contributed by atoms with Gasteiger partial charge >= 0.3 is 0 Å². The molecule has 0 radical (unpaired) electrons. The van der Waals surface area contributed by atoms with Gasteiger partial charge in [0.1, 0.15) is 0 Å². The average Bonchev–Trinajstić information content (AvgIpc) is 2.20. The first-order valence-electron chi connectivity index (χ1n) is 4.81. The molecule has 0 fully saturated rings. The topological polar surface area (TPSA) is 49.8 Å². The third kappa shape index (κ3) is 1.72. The van der Waals surface area contributed by atoms with Crippen LogP contribution >= 0.6 is 0 Å². The third-order valence-corrected chi connectivity index (χ3v) is 2.76. The number of nitriles is 1. The molecule has 0 spiro atoms. The van der Waals surface area contributed by atoms with Gasteiger partial charge in [-0.05, 0) is 31.9 Å². The van der Waals surface area contributed by atoms with Gasteiger partial charge in [0.15, 0.2) is 0 Å². The Kier molecular flexibility index (Phi) is 2.81. The van der Waals surface area contributed by atoms with Crippen LogP contribution in [0.1, 0.15) is 31.4 Å². The number of aryl methyl sites for hydroxylation is 1. The van der Waals surface area contributed by atoms with E-state index >= 15 is 0 Å². The zero-order valence-electron chi connectivity index (χ0n) is 8.96. The highest BCUT2D eigenvalue weighted by Gasteiger charge is 2.26. The van der Waals surface area contributed by atoms with Gasteiger partial charge in [0, 0.05) is 5.69 Å². The minimum absolute atomic E-state index is 0.462. The zero-order chi connectivity index (χ0) is 10.8. The van der Waals surface area contributed by atoms with Gasteiger partial charge < -0.3 is 5.73 Å². The van der Waals surface area contributed by atoms with E-state index in [4.69, 9.17) is 11.0 Å². The molecule has 2 nitrogen and oxygen atoms in total. The van der Waals surface area contributed by atoms with Gasteiger partial charge in [-0.25, -0.2) is 0 Å². The molecular formula is C12H16N2. The number of nitrogens with two attached hydrogens (primary N) is 1. The van der Waals surface area contributed by atoms with Gasteiger partial charge in [0.05, 0.1) is 11.5 Å².